The summed E-state index contributed by atoms with van der Waals surface area (Å²) in [4.78, 5) is 12.2. The van der Waals surface area contributed by atoms with Crippen LogP contribution in [0.3, 0.4) is 0 Å². The Bertz CT molecular complexity index is 1160. The predicted molar refractivity (Wildman–Crippen MR) is 111 cm³/mol. The van der Waals surface area contributed by atoms with Crippen LogP contribution in [-0.4, -0.2) is 19.6 Å². The van der Waals surface area contributed by atoms with Crippen molar-refractivity contribution in [3.8, 4) is 11.5 Å². The molecule has 29 heavy (non-hydrogen) atoms. The van der Waals surface area contributed by atoms with Crippen LogP contribution in [0.15, 0.2) is 71.6 Å². The van der Waals surface area contributed by atoms with Gasteiger partial charge >= 0.3 is 16.1 Å². The number of anilines is 2. The van der Waals surface area contributed by atoms with Gasteiger partial charge in [0.15, 0.2) is 0 Å². The van der Waals surface area contributed by atoms with Crippen molar-refractivity contribution in [3.05, 3.63) is 77.9 Å². The van der Waals surface area contributed by atoms with E-state index in [0.29, 0.717) is 16.9 Å². The molecule has 0 unspecified atom stereocenters. The van der Waals surface area contributed by atoms with Gasteiger partial charge in [0.1, 0.15) is 16.4 Å². The molecule has 0 radical (unpaired) electrons. The third-order valence-electron chi connectivity index (χ3n) is 4.01. The zero-order valence-corrected chi connectivity index (χ0v) is 16.7. The summed E-state index contributed by atoms with van der Waals surface area (Å²) in [5.41, 5.74) is 2.14. The molecule has 3 N–H and O–H groups in total. The minimum Gasteiger partial charge on any atom is -0.508 e. The molecule has 0 aliphatic rings. The van der Waals surface area contributed by atoms with Gasteiger partial charge in [-0.3, -0.25) is 0 Å². The summed E-state index contributed by atoms with van der Waals surface area (Å²) in [6.45, 7) is 3.49. The van der Waals surface area contributed by atoms with Crippen molar-refractivity contribution in [2.24, 2.45) is 0 Å². The standard InChI is InChI=1S/C21H20N2O5S/c1-14-9-10-15(2)20(11-14)29(26,27)28-19-8-4-6-17(13-19)23-21(25)22-16-5-3-7-18(24)12-16/h3-13,24H,1-2H3,(H2,22,23,25). The van der Waals surface area contributed by atoms with E-state index in [4.69, 9.17) is 4.18 Å². The number of phenolic OH excluding ortho intramolecular Hbond substituents is 1. The molecule has 7 nitrogen and oxygen atoms in total. The fourth-order valence-electron chi connectivity index (χ4n) is 2.65. The van der Waals surface area contributed by atoms with Crippen LogP contribution >= 0.6 is 0 Å². The molecular weight excluding hydrogens is 392 g/mol. The van der Waals surface area contributed by atoms with Gasteiger partial charge in [0.05, 0.1) is 0 Å². The Morgan fingerprint density at radius 1 is 0.897 bits per heavy atom. The van der Waals surface area contributed by atoms with E-state index in [9.17, 15) is 18.3 Å². The van der Waals surface area contributed by atoms with E-state index in [-0.39, 0.29) is 16.4 Å². The Morgan fingerprint density at radius 3 is 2.24 bits per heavy atom. The van der Waals surface area contributed by atoms with Crippen molar-refractivity contribution in [2.75, 3.05) is 10.6 Å². The van der Waals surface area contributed by atoms with Gasteiger partial charge < -0.3 is 19.9 Å². The highest BCUT2D eigenvalue weighted by Gasteiger charge is 2.19. The number of carbonyl (C=O) groups excluding carboxylic acids is 1. The molecule has 0 saturated carbocycles. The number of nitrogens with one attached hydrogen (secondary N) is 2. The maximum Gasteiger partial charge on any atom is 0.339 e. The molecular formula is C21H20N2O5S. The molecule has 8 heteroatoms. The van der Waals surface area contributed by atoms with Crippen LogP contribution in [0.2, 0.25) is 0 Å². The number of benzene rings is 3. The van der Waals surface area contributed by atoms with Gasteiger partial charge in [-0.15, -0.1) is 0 Å². The molecule has 0 aliphatic carbocycles. The second-order valence-electron chi connectivity index (χ2n) is 6.46. The number of phenols is 1. The number of hydrogen-bond acceptors (Lipinski definition) is 5. The van der Waals surface area contributed by atoms with Gasteiger partial charge in [-0.25, -0.2) is 4.79 Å². The molecule has 3 aromatic carbocycles. The third-order valence-corrected chi connectivity index (χ3v) is 5.41. The lowest BCUT2D eigenvalue weighted by Gasteiger charge is -2.12. The van der Waals surface area contributed by atoms with Crippen LogP contribution < -0.4 is 14.8 Å². The van der Waals surface area contributed by atoms with Gasteiger partial charge in [-0.1, -0.05) is 24.3 Å². The molecule has 0 aromatic heterocycles. The Hall–Kier alpha value is -3.52. The smallest absolute Gasteiger partial charge is 0.339 e. The average Bonchev–Trinajstić information content (AvgIpc) is 2.63. The number of carbonyl (C=O) groups is 1. The quantitative estimate of drug-likeness (QED) is 0.538. The van der Waals surface area contributed by atoms with E-state index < -0.39 is 16.1 Å². The maximum absolute atomic E-state index is 12.6. The number of urea groups is 1. The van der Waals surface area contributed by atoms with Crippen LogP contribution in [0, 0.1) is 13.8 Å². The van der Waals surface area contributed by atoms with E-state index in [1.165, 1.54) is 24.3 Å². The number of amides is 2. The molecule has 0 spiro atoms. The monoisotopic (exact) mass is 412 g/mol. The summed E-state index contributed by atoms with van der Waals surface area (Å²) in [7, 11) is -4.02. The first-order valence-corrected chi connectivity index (χ1v) is 10.1. The van der Waals surface area contributed by atoms with Crippen molar-refractivity contribution < 1.29 is 22.5 Å². The molecule has 0 atom stereocenters. The Morgan fingerprint density at radius 2 is 1.55 bits per heavy atom. The van der Waals surface area contributed by atoms with Crippen LogP contribution in [0.4, 0.5) is 16.2 Å². The normalized spacial score (nSPS) is 11.0. The highest BCUT2D eigenvalue weighted by Crippen LogP contribution is 2.25. The summed E-state index contributed by atoms with van der Waals surface area (Å²) in [6.07, 6.45) is 0. The average molecular weight is 412 g/mol. The topological polar surface area (TPSA) is 105 Å². The number of hydrogen-bond donors (Lipinski definition) is 3. The molecule has 150 valence electrons. The van der Waals surface area contributed by atoms with Crippen molar-refractivity contribution in [2.45, 2.75) is 18.7 Å². The fourth-order valence-corrected chi connectivity index (χ4v) is 3.89. The van der Waals surface area contributed by atoms with Gasteiger partial charge in [0, 0.05) is 23.5 Å². The maximum atomic E-state index is 12.6. The summed E-state index contributed by atoms with van der Waals surface area (Å²) in [5.74, 6) is 0.0934. The molecule has 3 aromatic rings. The zero-order chi connectivity index (χ0) is 21.0. The second kappa shape index (κ2) is 8.24. The number of aromatic hydroxyl groups is 1. The van der Waals surface area contributed by atoms with Crippen molar-refractivity contribution in [1.29, 1.82) is 0 Å². The third kappa shape index (κ3) is 5.26. The predicted octanol–water partition coefficient (Wildman–Crippen LogP) is 4.42. The zero-order valence-electron chi connectivity index (χ0n) is 15.8. The van der Waals surface area contributed by atoms with E-state index >= 15 is 0 Å². The summed E-state index contributed by atoms with van der Waals surface area (Å²) in [6, 6.07) is 16.7. The minimum atomic E-state index is -4.02. The van der Waals surface area contributed by atoms with Crippen LogP contribution in [0.5, 0.6) is 11.5 Å². The van der Waals surface area contributed by atoms with Crippen molar-refractivity contribution in [1.82, 2.24) is 0 Å². The molecule has 0 fully saturated rings. The first-order chi connectivity index (χ1) is 13.7. The number of aryl methyl sites for hydroxylation is 2. The Labute approximate surface area is 169 Å². The minimum absolute atomic E-state index is 0.0230. The van der Waals surface area contributed by atoms with Gasteiger partial charge in [-0.2, -0.15) is 8.42 Å². The fraction of sp³-hybridized carbons (Fsp3) is 0.0952. The molecule has 0 bridgehead atoms. The largest absolute Gasteiger partial charge is 0.508 e. The SMILES string of the molecule is Cc1ccc(C)c(S(=O)(=O)Oc2cccc(NC(=O)Nc3cccc(O)c3)c2)c1. The van der Waals surface area contributed by atoms with Gasteiger partial charge in [-0.05, 0) is 55.3 Å². The molecule has 0 aliphatic heterocycles. The Kier molecular flexibility index (Phi) is 5.74. The van der Waals surface area contributed by atoms with Crippen LogP contribution in [0.25, 0.3) is 0 Å². The van der Waals surface area contributed by atoms with E-state index in [0.717, 1.165) is 5.56 Å². The lowest BCUT2D eigenvalue weighted by atomic mass is 10.2. The van der Waals surface area contributed by atoms with Crippen LogP contribution in [-0.2, 0) is 10.1 Å². The lowest BCUT2D eigenvalue weighted by molar-refractivity contribution is 0.262. The molecule has 0 heterocycles. The first kappa shape index (κ1) is 20.2. The highest BCUT2D eigenvalue weighted by molar-refractivity contribution is 7.87. The molecule has 0 saturated heterocycles. The molecule has 2 amide bonds. The second-order valence-corrected chi connectivity index (χ2v) is 7.98. The van der Waals surface area contributed by atoms with E-state index in [1.54, 1.807) is 50.2 Å². The summed E-state index contributed by atoms with van der Waals surface area (Å²) < 4.78 is 30.5. The van der Waals surface area contributed by atoms with Crippen molar-refractivity contribution >= 4 is 27.5 Å². The van der Waals surface area contributed by atoms with Crippen LogP contribution in [0.1, 0.15) is 11.1 Å². The summed E-state index contributed by atoms with van der Waals surface area (Å²) >= 11 is 0. The highest BCUT2D eigenvalue weighted by atomic mass is 32.2. The Balaban J connectivity index is 1.74. The van der Waals surface area contributed by atoms with E-state index in [2.05, 4.69) is 10.6 Å². The van der Waals surface area contributed by atoms with E-state index in [1.807, 2.05) is 6.07 Å². The van der Waals surface area contributed by atoms with Crippen molar-refractivity contribution in [3.63, 3.8) is 0 Å². The summed E-state index contributed by atoms with van der Waals surface area (Å²) in [5, 5.41) is 14.6. The lowest BCUT2D eigenvalue weighted by Crippen LogP contribution is -2.19. The number of rotatable bonds is 5. The molecule has 3 rings (SSSR count). The van der Waals surface area contributed by atoms with Gasteiger partial charge in [0.2, 0.25) is 0 Å². The first-order valence-electron chi connectivity index (χ1n) is 8.72. The van der Waals surface area contributed by atoms with Gasteiger partial charge in [0.25, 0.3) is 0 Å².